The van der Waals surface area contributed by atoms with Gasteiger partial charge in [0.25, 0.3) is 0 Å². The first-order valence-corrected chi connectivity index (χ1v) is 7.70. The highest BCUT2D eigenvalue weighted by Gasteiger charge is 2.42. The highest BCUT2D eigenvalue weighted by atomic mass is 16.5. The number of hydrogen-bond acceptors (Lipinski definition) is 4. The van der Waals surface area contributed by atoms with Gasteiger partial charge < -0.3 is 9.72 Å². The van der Waals surface area contributed by atoms with Crippen LogP contribution in [0.25, 0.3) is 22.2 Å². The lowest BCUT2D eigenvalue weighted by molar-refractivity contribution is 0.0599. The number of aromatic nitrogens is 2. The summed E-state index contributed by atoms with van der Waals surface area (Å²) in [7, 11) is 1.32. The van der Waals surface area contributed by atoms with Crippen LogP contribution in [0.5, 0.6) is 0 Å². The summed E-state index contributed by atoms with van der Waals surface area (Å²) in [6, 6.07) is 9.56. The van der Waals surface area contributed by atoms with Gasteiger partial charge in [-0.3, -0.25) is 9.78 Å². The molecule has 5 heteroatoms. The number of esters is 1. The van der Waals surface area contributed by atoms with Crippen LogP contribution in [0.1, 0.15) is 40.3 Å². The minimum atomic E-state index is -0.693. The Kier molecular flexibility index (Phi) is 2.91. The summed E-state index contributed by atoms with van der Waals surface area (Å²) in [4.78, 5) is 32.5. The highest BCUT2D eigenvalue weighted by Crippen LogP contribution is 2.45. The number of pyridine rings is 1. The van der Waals surface area contributed by atoms with Gasteiger partial charge in [-0.25, -0.2) is 4.79 Å². The highest BCUT2D eigenvalue weighted by molar-refractivity contribution is 6.14. The van der Waals surface area contributed by atoms with Crippen molar-refractivity contribution in [3.8, 4) is 11.3 Å². The second kappa shape index (κ2) is 4.77. The van der Waals surface area contributed by atoms with Crippen LogP contribution in [0.4, 0.5) is 0 Å². The van der Waals surface area contributed by atoms with Crippen molar-refractivity contribution in [2.24, 2.45) is 0 Å². The van der Waals surface area contributed by atoms with E-state index in [4.69, 9.17) is 4.74 Å². The first kappa shape index (κ1) is 14.6. The Morgan fingerprint density at radius 3 is 2.75 bits per heavy atom. The monoisotopic (exact) mass is 320 g/mol. The molecule has 4 rings (SSSR count). The fraction of sp³-hybridized carbons (Fsp3) is 0.211. The first-order valence-electron chi connectivity index (χ1n) is 7.70. The van der Waals surface area contributed by atoms with E-state index >= 15 is 0 Å². The van der Waals surface area contributed by atoms with Crippen LogP contribution in [0.3, 0.4) is 0 Å². The van der Waals surface area contributed by atoms with Crippen LogP contribution in [-0.4, -0.2) is 28.8 Å². The number of Topliss-reactive ketones (excluding diaryl/α,β-unsaturated/α-hetero) is 1. The summed E-state index contributed by atoms with van der Waals surface area (Å²) in [6.07, 6.45) is 1.40. The zero-order valence-electron chi connectivity index (χ0n) is 13.6. The number of nitrogens with one attached hydrogen (secondary N) is 1. The Bertz CT molecular complexity index is 1010. The summed E-state index contributed by atoms with van der Waals surface area (Å²) in [6.45, 7) is 3.82. The van der Waals surface area contributed by atoms with Crippen LogP contribution in [-0.2, 0) is 10.2 Å². The Morgan fingerprint density at radius 1 is 1.25 bits per heavy atom. The summed E-state index contributed by atoms with van der Waals surface area (Å²) >= 11 is 0. The van der Waals surface area contributed by atoms with Gasteiger partial charge >= 0.3 is 5.97 Å². The smallest absolute Gasteiger partial charge is 0.339 e. The van der Waals surface area contributed by atoms with Gasteiger partial charge in [-0.2, -0.15) is 0 Å². The molecule has 2 aromatic heterocycles. The Hall–Kier alpha value is -2.95. The largest absolute Gasteiger partial charge is 0.465 e. The average Bonchev–Trinajstić information content (AvgIpc) is 2.99. The number of fused-ring (bicyclic) bond motifs is 5. The molecule has 24 heavy (non-hydrogen) atoms. The van der Waals surface area contributed by atoms with E-state index in [0.717, 1.165) is 22.2 Å². The Morgan fingerprint density at radius 2 is 2.00 bits per heavy atom. The number of aromatic amines is 1. The lowest BCUT2D eigenvalue weighted by Gasteiger charge is -2.30. The summed E-state index contributed by atoms with van der Waals surface area (Å²) in [5.74, 6) is -0.522. The van der Waals surface area contributed by atoms with E-state index in [0.29, 0.717) is 16.8 Å². The minimum Gasteiger partial charge on any atom is -0.465 e. The van der Waals surface area contributed by atoms with Crippen LogP contribution in [0, 0.1) is 0 Å². The van der Waals surface area contributed by atoms with Crippen molar-refractivity contribution in [3.05, 3.63) is 53.3 Å². The third-order valence-electron chi connectivity index (χ3n) is 4.69. The number of carbonyl (C=O) groups is 2. The van der Waals surface area contributed by atoms with Crippen molar-refractivity contribution in [1.82, 2.24) is 9.97 Å². The van der Waals surface area contributed by atoms with E-state index < -0.39 is 11.4 Å². The second-order valence-corrected chi connectivity index (χ2v) is 6.49. The molecule has 1 aliphatic carbocycles. The first-order chi connectivity index (χ1) is 11.4. The van der Waals surface area contributed by atoms with E-state index in [-0.39, 0.29) is 5.78 Å². The fourth-order valence-electron chi connectivity index (χ4n) is 3.47. The van der Waals surface area contributed by atoms with Crippen LogP contribution >= 0.6 is 0 Å². The molecule has 5 nitrogen and oxygen atoms in total. The van der Waals surface area contributed by atoms with Gasteiger partial charge in [0.05, 0.1) is 23.8 Å². The fourth-order valence-corrected chi connectivity index (χ4v) is 3.47. The van der Waals surface area contributed by atoms with Crippen molar-refractivity contribution >= 4 is 22.7 Å². The Labute approximate surface area is 138 Å². The van der Waals surface area contributed by atoms with Crippen molar-refractivity contribution in [1.29, 1.82) is 0 Å². The maximum absolute atomic E-state index is 13.0. The maximum Gasteiger partial charge on any atom is 0.339 e. The molecule has 0 aliphatic heterocycles. The molecule has 3 aromatic rings. The van der Waals surface area contributed by atoms with E-state index in [1.165, 1.54) is 13.3 Å². The van der Waals surface area contributed by atoms with Crippen molar-refractivity contribution in [2.45, 2.75) is 19.3 Å². The number of rotatable bonds is 1. The molecular formula is C19H16N2O3. The number of hydrogen-bond donors (Lipinski definition) is 1. The summed E-state index contributed by atoms with van der Waals surface area (Å²) in [5.41, 5.74) is 3.41. The molecule has 0 fully saturated rings. The molecule has 0 saturated heterocycles. The average molecular weight is 320 g/mol. The number of carbonyl (C=O) groups excluding carboxylic acids is 2. The van der Waals surface area contributed by atoms with Crippen LogP contribution in [0.15, 0.2) is 36.5 Å². The molecule has 1 aliphatic rings. The molecule has 2 heterocycles. The van der Waals surface area contributed by atoms with Crippen LogP contribution < -0.4 is 0 Å². The SMILES string of the molecule is COC(=O)c1cnc2c(c1)-c1[nH]c3ccccc3c1C(C)(C)C2=O. The number of ketones is 1. The number of para-hydroxylation sites is 1. The number of nitrogens with zero attached hydrogens (tertiary/aromatic N) is 1. The quantitative estimate of drug-likeness (QED) is 0.697. The van der Waals surface area contributed by atoms with Gasteiger partial charge in [0.1, 0.15) is 5.69 Å². The summed E-state index contributed by atoms with van der Waals surface area (Å²) in [5, 5.41) is 1.01. The molecule has 0 radical (unpaired) electrons. The molecule has 0 unspecified atom stereocenters. The van der Waals surface area contributed by atoms with Gasteiger partial charge in [0.15, 0.2) is 5.78 Å². The normalized spacial score (nSPS) is 15.0. The van der Waals surface area contributed by atoms with E-state index in [1.54, 1.807) is 6.07 Å². The number of ether oxygens (including phenoxy) is 1. The molecule has 120 valence electrons. The topological polar surface area (TPSA) is 72.0 Å². The molecule has 1 aromatic carbocycles. The van der Waals surface area contributed by atoms with E-state index in [1.807, 2.05) is 38.1 Å². The Balaban J connectivity index is 2.09. The molecule has 0 amide bonds. The standard InChI is InChI=1S/C19H16N2O3/c1-19(2)14-11-6-4-5-7-13(11)21-15(14)12-8-10(18(23)24-3)9-20-16(12)17(19)22/h4-9,21H,1-3H3. The van der Waals surface area contributed by atoms with Gasteiger partial charge in [-0.1, -0.05) is 18.2 Å². The zero-order chi connectivity index (χ0) is 17.1. The molecule has 0 spiro atoms. The zero-order valence-corrected chi connectivity index (χ0v) is 13.6. The predicted molar refractivity (Wildman–Crippen MR) is 90.2 cm³/mol. The van der Waals surface area contributed by atoms with E-state index in [2.05, 4.69) is 9.97 Å². The van der Waals surface area contributed by atoms with Gasteiger partial charge in [-0.05, 0) is 31.5 Å². The lowest BCUT2D eigenvalue weighted by Crippen LogP contribution is -2.34. The predicted octanol–water partition coefficient (Wildman–Crippen LogP) is 3.49. The molecule has 0 bridgehead atoms. The molecular weight excluding hydrogens is 304 g/mol. The molecule has 0 atom stereocenters. The third kappa shape index (κ3) is 1.78. The van der Waals surface area contributed by atoms with Crippen molar-refractivity contribution < 1.29 is 14.3 Å². The lowest BCUT2D eigenvalue weighted by atomic mass is 9.72. The van der Waals surface area contributed by atoms with Crippen LogP contribution in [0.2, 0.25) is 0 Å². The van der Waals surface area contributed by atoms with Gasteiger partial charge in [0, 0.05) is 22.7 Å². The third-order valence-corrected chi connectivity index (χ3v) is 4.69. The maximum atomic E-state index is 13.0. The molecule has 1 N–H and O–H groups in total. The van der Waals surface area contributed by atoms with Crippen molar-refractivity contribution in [2.75, 3.05) is 7.11 Å². The van der Waals surface area contributed by atoms with E-state index in [9.17, 15) is 9.59 Å². The van der Waals surface area contributed by atoms with Gasteiger partial charge in [-0.15, -0.1) is 0 Å². The number of benzene rings is 1. The number of H-pyrrole nitrogens is 1. The van der Waals surface area contributed by atoms with Gasteiger partial charge in [0.2, 0.25) is 0 Å². The summed E-state index contributed by atoms with van der Waals surface area (Å²) < 4.78 is 4.77. The van der Waals surface area contributed by atoms with Crippen molar-refractivity contribution in [3.63, 3.8) is 0 Å². The number of methoxy groups -OCH3 is 1. The molecule has 0 saturated carbocycles. The minimum absolute atomic E-state index is 0.0498. The second-order valence-electron chi connectivity index (χ2n) is 6.49.